The van der Waals surface area contributed by atoms with Crippen molar-refractivity contribution in [3.05, 3.63) is 18.2 Å². The van der Waals surface area contributed by atoms with Gasteiger partial charge in [-0.1, -0.05) is 18.3 Å². The molecule has 0 aliphatic carbocycles. The molecule has 15 heavy (non-hydrogen) atoms. The molecular formula is C10H11N3OS. The van der Waals surface area contributed by atoms with Crippen LogP contribution in [0.15, 0.2) is 18.2 Å². The Bertz CT molecular complexity index is 506. The molecule has 0 fully saturated rings. The third-order valence-corrected chi connectivity index (χ3v) is 2.91. The molecule has 1 heterocycles. The maximum Gasteiger partial charge on any atom is 0.225 e. The molecule has 4 nitrogen and oxygen atoms in total. The zero-order valence-electron chi connectivity index (χ0n) is 8.28. The van der Waals surface area contributed by atoms with Crippen LogP contribution in [-0.2, 0) is 4.79 Å². The minimum Gasteiger partial charge on any atom is -0.399 e. The van der Waals surface area contributed by atoms with Gasteiger partial charge in [0.05, 0.1) is 10.2 Å². The van der Waals surface area contributed by atoms with Crippen LogP contribution < -0.4 is 11.1 Å². The Hall–Kier alpha value is -1.62. The molecule has 1 aromatic carbocycles. The van der Waals surface area contributed by atoms with Crippen LogP contribution in [-0.4, -0.2) is 10.9 Å². The number of benzene rings is 1. The maximum absolute atomic E-state index is 11.2. The molecule has 2 rings (SSSR count). The molecule has 2 aromatic rings. The Morgan fingerprint density at radius 3 is 3.13 bits per heavy atom. The molecule has 0 spiro atoms. The largest absolute Gasteiger partial charge is 0.399 e. The molecule has 3 N–H and O–H groups in total. The second-order valence-corrected chi connectivity index (χ2v) is 4.18. The Balaban J connectivity index is 2.34. The summed E-state index contributed by atoms with van der Waals surface area (Å²) in [4.78, 5) is 15.4. The summed E-state index contributed by atoms with van der Waals surface area (Å²) in [6.07, 6.45) is 0.456. The number of aromatic nitrogens is 1. The number of hydrogen-bond acceptors (Lipinski definition) is 4. The highest BCUT2D eigenvalue weighted by molar-refractivity contribution is 7.22. The number of nitrogen functional groups attached to an aromatic ring is 1. The number of carbonyl (C=O) groups is 1. The van der Waals surface area contributed by atoms with E-state index in [0.717, 1.165) is 10.2 Å². The van der Waals surface area contributed by atoms with Crippen molar-refractivity contribution in [3.8, 4) is 0 Å². The number of anilines is 2. The van der Waals surface area contributed by atoms with E-state index in [4.69, 9.17) is 5.73 Å². The molecule has 0 aliphatic rings. The van der Waals surface area contributed by atoms with E-state index in [9.17, 15) is 4.79 Å². The summed E-state index contributed by atoms with van der Waals surface area (Å²) in [6.45, 7) is 1.81. The molecule has 1 amide bonds. The zero-order valence-corrected chi connectivity index (χ0v) is 9.10. The third-order valence-electron chi connectivity index (χ3n) is 1.98. The van der Waals surface area contributed by atoms with Crippen LogP contribution in [0.25, 0.3) is 10.2 Å². The van der Waals surface area contributed by atoms with Crippen LogP contribution in [0.4, 0.5) is 10.8 Å². The van der Waals surface area contributed by atoms with E-state index in [2.05, 4.69) is 10.3 Å². The van der Waals surface area contributed by atoms with E-state index in [1.165, 1.54) is 11.3 Å². The van der Waals surface area contributed by atoms with E-state index < -0.39 is 0 Å². The number of rotatable bonds is 2. The van der Waals surface area contributed by atoms with Gasteiger partial charge in [-0.3, -0.25) is 4.79 Å². The average Bonchev–Trinajstić information content (AvgIpc) is 2.59. The van der Waals surface area contributed by atoms with Crippen molar-refractivity contribution in [1.82, 2.24) is 4.98 Å². The lowest BCUT2D eigenvalue weighted by Crippen LogP contribution is -2.08. The molecule has 0 saturated heterocycles. The molecule has 0 radical (unpaired) electrons. The number of nitrogens with zero attached hydrogens (tertiary/aromatic N) is 1. The molecule has 0 saturated carbocycles. The van der Waals surface area contributed by atoms with Gasteiger partial charge >= 0.3 is 0 Å². The number of nitrogens with two attached hydrogens (primary N) is 1. The highest BCUT2D eigenvalue weighted by Gasteiger charge is 2.05. The summed E-state index contributed by atoms with van der Waals surface area (Å²) in [6, 6.07) is 5.50. The van der Waals surface area contributed by atoms with Gasteiger partial charge < -0.3 is 11.1 Å². The first-order valence-corrected chi connectivity index (χ1v) is 5.46. The van der Waals surface area contributed by atoms with Gasteiger partial charge in [0.15, 0.2) is 5.13 Å². The first-order valence-electron chi connectivity index (χ1n) is 4.65. The topological polar surface area (TPSA) is 68.0 Å². The quantitative estimate of drug-likeness (QED) is 0.764. The summed E-state index contributed by atoms with van der Waals surface area (Å²) in [5, 5.41) is 3.36. The Kier molecular flexibility index (Phi) is 2.55. The first kappa shape index (κ1) is 9.92. The van der Waals surface area contributed by atoms with Gasteiger partial charge in [0, 0.05) is 12.1 Å². The molecule has 0 aliphatic heterocycles. The number of fused-ring (bicyclic) bond motifs is 1. The smallest absolute Gasteiger partial charge is 0.225 e. The fraction of sp³-hybridized carbons (Fsp3) is 0.200. The van der Waals surface area contributed by atoms with Crippen molar-refractivity contribution in [2.45, 2.75) is 13.3 Å². The number of thiazole rings is 1. The summed E-state index contributed by atoms with van der Waals surface area (Å²) in [5.74, 6) is -0.0259. The van der Waals surface area contributed by atoms with Crippen molar-refractivity contribution in [1.29, 1.82) is 0 Å². The van der Waals surface area contributed by atoms with Crippen molar-refractivity contribution < 1.29 is 4.79 Å². The standard InChI is InChI=1S/C10H11N3OS/c1-2-9(14)13-10-12-7-4-3-6(11)5-8(7)15-10/h3-5H,2,11H2,1H3,(H,12,13,14). The second kappa shape index (κ2) is 3.86. The minimum absolute atomic E-state index is 0.0259. The van der Waals surface area contributed by atoms with Crippen LogP contribution in [0.5, 0.6) is 0 Å². The third kappa shape index (κ3) is 2.07. The van der Waals surface area contributed by atoms with Crippen molar-refractivity contribution in [3.63, 3.8) is 0 Å². The van der Waals surface area contributed by atoms with Crippen molar-refractivity contribution in [2.75, 3.05) is 11.1 Å². The number of nitrogens with one attached hydrogen (secondary N) is 1. The van der Waals surface area contributed by atoms with Gasteiger partial charge in [-0.05, 0) is 18.2 Å². The molecule has 0 unspecified atom stereocenters. The maximum atomic E-state index is 11.2. The van der Waals surface area contributed by atoms with Crippen LogP contribution in [0.2, 0.25) is 0 Å². The van der Waals surface area contributed by atoms with E-state index >= 15 is 0 Å². The lowest BCUT2D eigenvalue weighted by molar-refractivity contribution is -0.115. The lowest BCUT2D eigenvalue weighted by atomic mass is 10.3. The van der Waals surface area contributed by atoms with Gasteiger partial charge in [0.25, 0.3) is 0 Å². The first-order chi connectivity index (χ1) is 7.19. The fourth-order valence-electron chi connectivity index (χ4n) is 1.20. The predicted molar refractivity (Wildman–Crippen MR) is 63.0 cm³/mol. The fourth-order valence-corrected chi connectivity index (χ4v) is 2.13. The summed E-state index contributed by atoms with van der Waals surface area (Å²) in [7, 11) is 0. The lowest BCUT2D eigenvalue weighted by Gasteiger charge is -1.95. The van der Waals surface area contributed by atoms with Crippen LogP contribution in [0, 0.1) is 0 Å². The summed E-state index contributed by atoms with van der Waals surface area (Å²) in [5.41, 5.74) is 7.22. The Morgan fingerprint density at radius 2 is 2.40 bits per heavy atom. The van der Waals surface area contributed by atoms with E-state index in [-0.39, 0.29) is 5.91 Å². The van der Waals surface area contributed by atoms with Crippen molar-refractivity contribution in [2.24, 2.45) is 0 Å². The summed E-state index contributed by atoms with van der Waals surface area (Å²) >= 11 is 1.43. The molecule has 1 aromatic heterocycles. The molecular weight excluding hydrogens is 210 g/mol. The summed E-state index contributed by atoms with van der Waals surface area (Å²) < 4.78 is 0.987. The molecule has 5 heteroatoms. The van der Waals surface area contributed by atoms with Crippen LogP contribution in [0.1, 0.15) is 13.3 Å². The van der Waals surface area contributed by atoms with Gasteiger partial charge in [-0.15, -0.1) is 0 Å². The number of carbonyl (C=O) groups excluding carboxylic acids is 1. The molecule has 0 atom stereocenters. The average molecular weight is 221 g/mol. The van der Waals surface area contributed by atoms with Gasteiger partial charge in [0.1, 0.15) is 0 Å². The second-order valence-electron chi connectivity index (χ2n) is 3.15. The molecule has 78 valence electrons. The highest BCUT2D eigenvalue weighted by atomic mass is 32.1. The predicted octanol–water partition coefficient (Wildman–Crippen LogP) is 2.23. The van der Waals surface area contributed by atoms with Gasteiger partial charge in [0.2, 0.25) is 5.91 Å². The van der Waals surface area contributed by atoms with Crippen LogP contribution >= 0.6 is 11.3 Å². The monoisotopic (exact) mass is 221 g/mol. The van der Waals surface area contributed by atoms with E-state index in [1.54, 1.807) is 13.0 Å². The normalized spacial score (nSPS) is 10.5. The minimum atomic E-state index is -0.0259. The SMILES string of the molecule is CCC(=O)Nc1nc2ccc(N)cc2s1. The van der Waals surface area contributed by atoms with E-state index in [0.29, 0.717) is 17.2 Å². The highest BCUT2D eigenvalue weighted by Crippen LogP contribution is 2.27. The van der Waals surface area contributed by atoms with Crippen LogP contribution in [0.3, 0.4) is 0 Å². The Labute approximate surface area is 91.1 Å². The van der Waals surface area contributed by atoms with E-state index in [1.807, 2.05) is 12.1 Å². The van der Waals surface area contributed by atoms with Gasteiger partial charge in [-0.2, -0.15) is 0 Å². The number of hydrogen-bond donors (Lipinski definition) is 2. The zero-order chi connectivity index (χ0) is 10.8. The Morgan fingerprint density at radius 1 is 1.60 bits per heavy atom. The van der Waals surface area contributed by atoms with Crippen molar-refractivity contribution >= 4 is 38.3 Å². The van der Waals surface area contributed by atoms with Gasteiger partial charge in [-0.25, -0.2) is 4.98 Å². The molecule has 0 bridgehead atoms. The number of amides is 1.